The minimum Gasteiger partial charge on any atom is -0.508 e. The summed E-state index contributed by atoms with van der Waals surface area (Å²) < 4.78 is 25.0. The fraction of sp³-hybridized carbons (Fsp3) is 0.450. The van der Waals surface area contributed by atoms with E-state index in [1.807, 2.05) is 32.0 Å². The van der Waals surface area contributed by atoms with Gasteiger partial charge in [-0.2, -0.15) is 0 Å². The molecule has 1 aliphatic heterocycles. The maximum Gasteiger partial charge on any atom is 0.352 e. The molecule has 1 N–H and O–H groups in total. The Morgan fingerprint density at radius 1 is 1.03 bits per heavy atom. The molecule has 7 nitrogen and oxygen atoms in total. The first kappa shape index (κ1) is 23.6. The van der Waals surface area contributed by atoms with Gasteiger partial charge in [-0.15, -0.1) is 12.4 Å². The van der Waals surface area contributed by atoms with Crippen LogP contribution in [0.4, 0.5) is 5.82 Å². The number of pyridine rings is 1. The summed E-state index contributed by atoms with van der Waals surface area (Å²) in [5, 5.41) is 9.66. The molecular weight excluding hydrogens is 413 g/mol. The summed E-state index contributed by atoms with van der Waals surface area (Å²) in [7, 11) is -3.42. The summed E-state index contributed by atoms with van der Waals surface area (Å²) in [6.45, 7) is 7.18. The van der Waals surface area contributed by atoms with Crippen LogP contribution in [0.15, 0.2) is 48.7 Å². The van der Waals surface area contributed by atoms with E-state index in [9.17, 15) is 9.67 Å². The van der Waals surface area contributed by atoms with E-state index in [1.54, 1.807) is 30.5 Å². The van der Waals surface area contributed by atoms with Crippen molar-refractivity contribution in [3.05, 3.63) is 54.2 Å². The third kappa shape index (κ3) is 5.71. The highest BCUT2D eigenvalue weighted by atomic mass is 35.5. The Labute approximate surface area is 178 Å². The number of benzene rings is 1. The fourth-order valence-electron chi connectivity index (χ4n) is 3.51. The highest BCUT2D eigenvalue weighted by Crippen LogP contribution is 2.62. The van der Waals surface area contributed by atoms with Crippen LogP contribution in [0, 0.1) is 0 Å². The van der Waals surface area contributed by atoms with E-state index in [0.717, 1.165) is 24.5 Å². The number of phenolic OH excluding ortho intramolecular Hbond substituents is 1. The molecule has 0 aliphatic carbocycles. The van der Waals surface area contributed by atoms with Gasteiger partial charge in [-0.05, 0) is 43.7 Å². The van der Waals surface area contributed by atoms with Crippen LogP contribution < -0.4 is 4.90 Å². The molecule has 160 valence electrons. The minimum atomic E-state index is -3.42. The molecule has 29 heavy (non-hydrogen) atoms. The van der Waals surface area contributed by atoms with Crippen molar-refractivity contribution in [1.82, 2.24) is 9.88 Å². The highest BCUT2D eigenvalue weighted by Gasteiger charge is 2.42. The molecule has 1 saturated heterocycles. The second-order valence-electron chi connectivity index (χ2n) is 6.55. The Bertz CT molecular complexity index is 776. The third-order valence-electron chi connectivity index (χ3n) is 4.74. The average Bonchev–Trinajstić information content (AvgIpc) is 2.71. The van der Waals surface area contributed by atoms with E-state index < -0.39 is 13.4 Å². The predicted molar refractivity (Wildman–Crippen MR) is 117 cm³/mol. The second-order valence-corrected chi connectivity index (χ2v) is 8.64. The highest BCUT2D eigenvalue weighted by molar-refractivity contribution is 7.54. The van der Waals surface area contributed by atoms with Crippen LogP contribution in [0.3, 0.4) is 0 Å². The largest absolute Gasteiger partial charge is 0.508 e. The minimum absolute atomic E-state index is 0. The standard InChI is InChI=1S/C20H28N3O4P.ClH/c1-3-26-28(25,27-4-2)20(17-8-10-18(24)11-9-17)23-15-13-22(14-16-23)19-7-5-6-12-21-19;/h5-12,20,24H,3-4,13-16H2,1-2H3;1H. The van der Waals surface area contributed by atoms with Gasteiger partial charge >= 0.3 is 7.60 Å². The van der Waals surface area contributed by atoms with Gasteiger partial charge in [0.25, 0.3) is 0 Å². The molecule has 1 atom stereocenters. The van der Waals surface area contributed by atoms with Crippen LogP contribution in [0.5, 0.6) is 5.75 Å². The summed E-state index contributed by atoms with van der Waals surface area (Å²) in [6, 6.07) is 12.7. The predicted octanol–water partition coefficient (Wildman–Crippen LogP) is 4.30. The normalized spacial score (nSPS) is 16.3. The number of halogens is 1. The van der Waals surface area contributed by atoms with E-state index in [0.29, 0.717) is 26.3 Å². The Morgan fingerprint density at radius 3 is 2.17 bits per heavy atom. The zero-order valence-electron chi connectivity index (χ0n) is 16.8. The lowest BCUT2D eigenvalue weighted by Crippen LogP contribution is -2.48. The van der Waals surface area contributed by atoms with Crippen molar-refractivity contribution in [3.63, 3.8) is 0 Å². The molecule has 1 aliphatic rings. The topological polar surface area (TPSA) is 75.1 Å². The molecule has 1 aromatic heterocycles. The number of hydrogen-bond acceptors (Lipinski definition) is 7. The Balaban J connectivity index is 0.00000300. The van der Waals surface area contributed by atoms with E-state index >= 15 is 0 Å². The molecule has 1 aromatic carbocycles. The molecule has 0 radical (unpaired) electrons. The average molecular weight is 442 g/mol. The Hall–Kier alpha value is -1.63. The molecule has 0 spiro atoms. The smallest absolute Gasteiger partial charge is 0.352 e. The van der Waals surface area contributed by atoms with E-state index in [-0.39, 0.29) is 18.2 Å². The number of anilines is 1. The van der Waals surface area contributed by atoms with Crippen molar-refractivity contribution in [3.8, 4) is 5.75 Å². The number of aromatic hydroxyl groups is 1. The van der Waals surface area contributed by atoms with Gasteiger partial charge in [0.2, 0.25) is 0 Å². The van der Waals surface area contributed by atoms with Crippen LogP contribution >= 0.6 is 20.0 Å². The first-order valence-electron chi connectivity index (χ1n) is 9.65. The van der Waals surface area contributed by atoms with Crippen molar-refractivity contribution in [2.45, 2.75) is 19.6 Å². The zero-order valence-corrected chi connectivity index (χ0v) is 18.5. The van der Waals surface area contributed by atoms with Gasteiger partial charge in [-0.3, -0.25) is 9.46 Å². The van der Waals surface area contributed by atoms with E-state index in [2.05, 4.69) is 14.8 Å². The quantitative estimate of drug-likeness (QED) is 0.612. The van der Waals surface area contributed by atoms with Crippen molar-refractivity contribution in [1.29, 1.82) is 0 Å². The van der Waals surface area contributed by atoms with Crippen LogP contribution in [0.2, 0.25) is 0 Å². The number of piperazine rings is 1. The number of rotatable bonds is 8. The number of hydrogen-bond donors (Lipinski definition) is 1. The lowest BCUT2D eigenvalue weighted by atomic mass is 10.2. The van der Waals surface area contributed by atoms with Gasteiger partial charge in [-0.25, -0.2) is 4.98 Å². The van der Waals surface area contributed by atoms with Gasteiger partial charge in [0.05, 0.1) is 13.2 Å². The number of aromatic nitrogens is 1. The van der Waals surface area contributed by atoms with Crippen LogP contribution in [-0.2, 0) is 13.6 Å². The van der Waals surface area contributed by atoms with Gasteiger partial charge in [0.15, 0.2) is 0 Å². The molecule has 1 unspecified atom stereocenters. The third-order valence-corrected chi connectivity index (χ3v) is 7.20. The fourth-order valence-corrected chi connectivity index (χ4v) is 5.76. The van der Waals surface area contributed by atoms with Crippen LogP contribution in [0.25, 0.3) is 0 Å². The number of phenols is 1. The molecule has 2 aromatic rings. The molecule has 3 rings (SSSR count). The van der Waals surface area contributed by atoms with Crippen LogP contribution in [-0.4, -0.2) is 54.4 Å². The first-order chi connectivity index (χ1) is 13.6. The monoisotopic (exact) mass is 441 g/mol. The van der Waals surface area contributed by atoms with Gasteiger partial charge < -0.3 is 19.1 Å². The first-order valence-corrected chi connectivity index (χ1v) is 11.3. The summed E-state index contributed by atoms with van der Waals surface area (Å²) in [4.78, 5) is 8.79. The van der Waals surface area contributed by atoms with Gasteiger partial charge in [0, 0.05) is 32.4 Å². The van der Waals surface area contributed by atoms with Crippen molar-refractivity contribution < 1.29 is 18.7 Å². The van der Waals surface area contributed by atoms with Crippen molar-refractivity contribution in [2.24, 2.45) is 0 Å². The maximum absolute atomic E-state index is 13.7. The molecule has 0 bridgehead atoms. The second kappa shape index (κ2) is 11.0. The molecule has 2 heterocycles. The maximum atomic E-state index is 13.7. The molecular formula is C20H29ClN3O4P. The molecule has 1 fully saturated rings. The van der Waals surface area contributed by atoms with Gasteiger partial charge in [-0.1, -0.05) is 18.2 Å². The Kier molecular flexibility index (Phi) is 8.93. The summed E-state index contributed by atoms with van der Waals surface area (Å²) in [5.41, 5.74) is 0.814. The number of nitrogens with zero attached hydrogens (tertiary/aromatic N) is 3. The summed E-state index contributed by atoms with van der Waals surface area (Å²) in [5.74, 6) is 0.602. The van der Waals surface area contributed by atoms with E-state index in [4.69, 9.17) is 9.05 Å². The lowest BCUT2D eigenvalue weighted by Gasteiger charge is -2.41. The SMILES string of the molecule is CCOP(=O)(OCC)C(c1ccc(O)cc1)N1CCN(c2ccccn2)CC1.Cl. The summed E-state index contributed by atoms with van der Waals surface area (Å²) in [6.07, 6.45) is 1.79. The zero-order chi connectivity index (χ0) is 20.0. The lowest BCUT2D eigenvalue weighted by molar-refractivity contribution is 0.157. The van der Waals surface area contributed by atoms with E-state index in [1.165, 1.54) is 0 Å². The van der Waals surface area contributed by atoms with Crippen molar-refractivity contribution in [2.75, 3.05) is 44.3 Å². The van der Waals surface area contributed by atoms with Crippen LogP contribution in [0.1, 0.15) is 25.2 Å². The molecule has 9 heteroatoms. The molecule has 0 amide bonds. The van der Waals surface area contributed by atoms with Crippen molar-refractivity contribution >= 4 is 25.8 Å². The summed E-state index contributed by atoms with van der Waals surface area (Å²) >= 11 is 0. The molecule has 0 saturated carbocycles. The Morgan fingerprint density at radius 2 is 1.66 bits per heavy atom. The van der Waals surface area contributed by atoms with Gasteiger partial charge in [0.1, 0.15) is 17.4 Å².